The topological polar surface area (TPSA) is 47.6 Å². The van der Waals surface area contributed by atoms with Crippen molar-refractivity contribution < 1.29 is 14.3 Å². The molecule has 122 valence electrons. The average molecular weight is 313 g/mol. The number of carbonyl (C=O) groups is 1. The molecule has 0 aliphatic carbocycles. The van der Waals surface area contributed by atoms with Crippen LogP contribution in [-0.2, 0) is 6.54 Å². The van der Waals surface area contributed by atoms with E-state index in [9.17, 15) is 4.79 Å². The van der Waals surface area contributed by atoms with E-state index in [4.69, 9.17) is 9.47 Å². The molecule has 0 spiro atoms. The first-order valence-electron chi connectivity index (χ1n) is 7.68. The number of amides is 1. The van der Waals surface area contributed by atoms with Gasteiger partial charge in [0.1, 0.15) is 0 Å². The lowest BCUT2D eigenvalue weighted by atomic mass is 10.1. The molecule has 0 heterocycles. The molecule has 0 radical (unpaired) electrons. The molecule has 0 saturated heterocycles. The number of ether oxygens (including phenoxy) is 2. The van der Waals surface area contributed by atoms with Crippen molar-refractivity contribution in [2.24, 2.45) is 0 Å². The van der Waals surface area contributed by atoms with Crippen molar-refractivity contribution in [3.63, 3.8) is 0 Å². The predicted molar refractivity (Wildman–Crippen MR) is 91.1 cm³/mol. The number of hydrogen-bond donors (Lipinski definition) is 1. The van der Waals surface area contributed by atoms with E-state index >= 15 is 0 Å². The van der Waals surface area contributed by atoms with Gasteiger partial charge in [-0.1, -0.05) is 24.3 Å². The van der Waals surface area contributed by atoms with E-state index in [-0.39, 0.29) is 12.0 Å². The van der Waals surface area contributed by atoms with Gasteiger partial charge in [0.15, 0.2) is 11.5 Å². The van der Waals surface area contributed by atoms with Gasteiger partial charge in [0.2, 0.25) is 0 Å². The maximum atomic E-state index is 12.2. The van der Waals surface area contributed by atoms with Gasteiger partial charge >= 0.3 is 0 Å². The molecule has 1 amide bonds. The van der Waals surface area contributed by atoms with E-state index in [0.717, 1.165) is 11.1 Å². The molecule has 0 aliphatic heterocycles. The van der Waals surface area contributed by atoms with Crippen LogP contribution in [0.4, 0.5) is 0 Å². The Kier molecular flexibility index (Phi) is 5.63. The summed E-state index contributed by atoms with van der Waals surface area (Å²) in [5, 5.41) is 2.93. The van der Waals surface area contributed by atoms with Crippen molar-refractivity contribution in [2.75, 3.05) is 7.11 Å². The van der Waals surface area contributed by atoms with Crippen LogP contribution in [0.25, 0.3) is 0 Å². The van der Waals surface area contributed by atoms with E-state index in [1.807, 2.05) is 63.2 Å². The first-order chi connectivity index (χ1) is 11.0. The van der Waals surface area contributed by atoms with Crippen LogP contribution in [0.5, 0.6) is 11.5 Å². The summed E-state index contributed by atoms with van der Waals surface area (Å²) in [6.45, 7) is 6.30. The molecule has 23 heavy (non-hydrogen) atoms. The van der Waals surface area contributed by atoms with Gasteiger partial charge in [-0.2, -0.15) is 0 Å². The SMILES string of the molecule is COc1cc(CNC(=O)c2ccccc2C)ccc1OC(C)C. The summed E-state index contributed by atoms with van der Waals surface area (Å²) in [7, 11) is 1.61. The number of nitrogens with one attached hydrogen (secondary N) is 1. The van der Waals surface area contributed by atoms with E-state index in [1.165, 1.54) is 0 Å². The Labute approximate surface area is 137 Å². The Morgan fingerprint density at radius 3 is 2.52 bits per heavy atom. The van der Waals surface area contributed by atoms with Crippen LogP contribution in [-0.4, -0.2) is 19.1 Å². The Bertz CT molecular complexity index is 680. The highest BCUT2D eigenvalue weighted by atomic mass is 16.5. The second-order valence-electron chi connectivity index (χ2n) is 5.65. The highest BCUT2D eigenvalue weighted by molar-refractivity contribution is 5.95. The fourth-order valence-electron chi connectivity index (χ4n) is 2.28. The molecule has 2 aromatic rings. The minimum atomic E-state index is -0.0791. The normalized spacial score (nSPS) is 10.5. The predicted octanol–water partition coefficient (Wildman–Crippen LogP) is 3.72. The summed E-state index contributed by atoms with van der Waals surface area (Å²) in [5.41, 5.74) is 2.61. The standard InChI is InChI=1S/C19H23NO3/c1-13(2)23-17-10-9-15(11-18(17)22-4)12-20-19(21)16-8-6-5-7-14(16)3/h5-11,13H,12H2,1-4H3,(H,20,21). The fourth-order valence-corrected chi connectivity index (χ4v) is 2.28. The molecular weight excluding hydrogens is 290 g/mol. The zero-order valence-corrected chi connectivity index (χ0v) is 14.1. The van der Waals surface area contributed by atoms with Crippen molar-refractivity contribution >= 4 is 5.91 Å². The van der Waals surface area contributed by atoms with Crippen molar-refractivity contribution in [3.05, 3.63) is 59.2 Å². The molecule has 2 rings (SSSR count). The summed E-state index contributed by atoms with van der Waals surface area (Å²) in [5.74, 6) is 1.29. The second kappa shape index (κ2) is 7.68. The molecule has 4 nitrogen and oxygen atoms in total. The molecule has 0 bridgehead atoms. The molecule has 0 saturated carbocycles. The highest BCUT2D eigenvalue weighted by Crippen LogP contribution is 2.28. The number of carbonyl (C=O) groups excluding carboxylic acids is 1. The summed E-state index contributed by atoms with van der Waals surface area (Å²) in [4.78, 5) is 12.2. The number of rotatable bonds is 6. The van der Waals surface area contributed by atoms with Crippen molar-refractivity contribution in [1.82, 2.24) is 5.32 Å². The smallest absolute Gasteiger partial charge is 0.251 e. The molecule has 0 fully saturated rings. The minimum absolute atomic E-state index is 0.0791. The molecule has 0 unspecified atom stereocenters. The van der Waals surface area contributed by atoms with Gasteiger partial charge < -0.3 is 14.8 Å². The molecule has 2 aromatic carbocycles. The lowest BCUT2D eigenvalue weighted by molar-refractivity contribution is 0.0950. The third-order valence-electron chi connectivity index (χ3n) is 3.43. The molecule has 4 heteroatoms. The monoisotopic (exact) mass is 313 g/mol. The van der Waals surface area contributed by atoms with Gasteiger partial charge in [-0.3, -0.25) is 4.79 Å². The maximum Gasteiger partial charge on any atom is 0.251 e. The van der Waals surface area contributed by atoms with Crippen LogP contribution < -0.4 is 14.8 Å². The summed E-state index contributed by atoms with van der Waals surface area (Å²) >= 11 is 0. The quantitative estimate of drug-likeness (QED) is 0.884. The molecule has 1 N–H and O–H groups in total. The lowest BCUT2D eigenvalue weighted by Crippen LogP contribution is -2.23. The zero-order chi connectivity index (χ0) is 16.8. The van der Waals surface area contributed by atoms with Crippen molar-refractivity contribution in [3.8, 4) is 11.5 Å². The molecule has 0 aromatic heterocycles. The van der Waals surface area contributed by atoms with Gasteiger partial charge in [0.05, 0.1) is 13.2 Å². The third-order valence-corrected chi connectivity index (χ3v) is 3.43. The number of hydrogen-bond acceptors (Lipinski definition) is 3. The Balaban J connectivity index is 2.06. The van der Waals surface area contributed by atoms with E-state index in [0.29, 0.717) is 23.6 Å². The minimum Gasteiger partial charge on any atom is -0.493 e. The van der Waals surface area contributed by atoms with E-state index < -0.39 is 0 Å². The fraction of sp³-hybridized carbons (Fsp3) is 0.316. The van der Waals surface area contributed by atoms with Crippen LogP contribution in [0.2, 0.25) is 0 Å². The largest absolute Gasteiger partial charge is 0.493 e. The molecular formula is C19H23NO3. The van der Waals surface area contributed by atoms with Gasteiger partial charge in [0.25, 0.3) is 5.91 Å². The Morgan fingerprint density at radius 1 is 1.13 bits per heavy atom. The Morgan fingerprint density at radius 2 is 1.87 bits per heavy atom. The van der Waals surface area contributed by atoms with Crippen LogP contribution in [0, 0.1) is 6.92 Å². The van der Waals surface area contributed by atoms with Crippen LogP contribution >= 0.6 is 0 Å². The van der Waals surface area contributed by atoms with Gasteiger partial charge in [-0.05, 0) is 50.1 Å². The first-order valence-corrected chi connectivity index (χ1v) is 7.68. The van der Waals surface area contributed by atoms with Gasteiger partial charge in [-0.25, -0.2) is 0 Å². The first kappa shape index (κ1) is 16.9. The molecule has 0 aliphatic rings. The summed E-state index contributed by atoms with van der Waals surface area (Å²) in [6.07, 6.45) is 0.0792. The molecule has 0 atom stereocenters. The number of benzene rings is 2. The number of methoxy groups -OCH3 is 1. The van der Waals surface area contributed by atoms with E-state index in [1.54, 1.807) is 7.11 Å². The highest BCUT2D eigenvalue weighted by Gasteiger charge is 2.10. The zero-order valence-electron chi connectivity index (χ0n) is 14.1. The third kappa shape index (κ3) is 4.49. The van der Waals surface area contributed by atoms with Crippen LogP contribution in [0.1, 0.15) is 35.3 Å². The second-order valence-corrected chi connectivity index (χ2v) is 5.65. The van der Waals surface area contributed by atoms with Gasteiger partial charge in [-0.15, -0.1) is 0 Å². The van der Waals surface area contributed by atoms with Crippen LogP contribution in [0.3, 0.4) is 0 Å². The average Bonchev–Trinajstić information content (AvgIpc) is 2.53. The van der Waals surface area contributed by atoms with Crippen molar-refractivity contribution in [1.29, 1.82) is 0 Å². The number of aryl methyl sites for hydroxylation is 1. The lowest BCUT2D eigenvalue weighted by Gasteiger charge is -2.15. The van der Waals surface area contributed by atoms with Gasteiger partial charge in [0, 0.05) is 12.1 Å². The maximum absolute atomic E-state index is 12.2. The summed E-state index contributed by atoms with van der Waals surface area (Å²) < 4.78 is 11.0. The Hall–Kier alpha value is -2.49. The van der Waals surface area contributed by atoms with E-state index in [2.05, 4.69) is 5.32 Å². The summed E-state index contributed by atoms with van der Waals surface area (Å²) in [6, 6.07) is 13.2. The van der Waals surface area contributed by atoms with Crippen LogP contribution in [0.15, 0.2) is 42.5 Å². The van der Waals surface area contributed by atoms with Crippen molar-refractivity contribution in [2.45, 2.75) is 33.4 Å².